The zero-order chi connectivity index (χ0) is 18.0. The molecule has 0 radical (unpaired) electrons. The highest BCUT2D eigenvalue weighted by Gasteiger charge is 2.28. The average Bonchev–Trinajstić information content (AvgIpc) is 3.08. The van der Waals surface area contributed by atoms with Gasteiger partial charge in [0.2, 0.25) is 0 Å². The number of aromatic amines is 1. The predicted octanol–water partition coefficient (Wildman–Crippen LogP) is 2.63. The summed E-state index contributed by atoms with van der Waals surface area (Å²) in [5.74, 6) is -0.311. The second kappa shape index (κ2) is 6.76. The summed E-state index contributed by atoms with van der Waals surface area (Å²) in [4.78, 5) is 24.3. The lowest BCUT2D eigenvalue weighted by molar-refractivity contribution is -0.384. The molecule has 130 valence electrons. The predicted molar refractivity (Wildman–Crippen MR) is 92.2 cm³/mol. The first-order valence-corrected chi connectivity index (χ1v) is 7.81. The summed E-state index contributed by atoms with van der Waals surface area (Å²) in [5, 5.41) is 18.6. The third kappa shape index (κ3) is 3.37. The quantitative estimate of drug-likeness (QED) is 0.397. The smallest absolute Gasteiger partial charge is 0.330 e. The monoisotopic (exact) mass is 342 g/mol. The second-order valence-electron chi connectivity index (χ2n) is 5.95. The minimum Gasteiger partial charge on any atom is -0.466 e. The zero-order valence-corrected chi connectivity index (χ0v) is 13.9. The molecule has 1 aromatic heterocycles. The van der Waals surface area contributed by atoms with Crippen molar-refractivity contribution in [3.63, 3.8) is 0 Å². The summed E-state index contributed by atoms with van der Waals surface area (Å²) in [5.41, 5.74) is 3.25. The average molecular weight is 342 g/mol. The standard InChI is InChI=1S/C17H18N4O4/c1-11-9-20(10-13-8-18-19-17(11)13)14-5-3-12(4-6-16(22)25-2)7-15(14)21(23)24/h3-8,11H,9-10H2,1-2H3,(H,18,19)/b6-4+/t11-/m1/s1. The van der Waals surface area contributed by atoms with Gasteiger partial charge in [-0.15, -0.1) is 0 Å². The molecule has 1 atom stereocenters. The molecule has 0 bridgehead atoms. The van der Waals surface area contributed by atoms with Crippen molar-refractivity contribution in [2.24, 2.45) is 0 Å². The lowest BCUT2D eigenvalue weighted by Crippen LogP contribution is -2.32. The van der Waals surface area contributed by atoms with Crippen LogP contribution in [0.5, 0.6) is 0 Å². The third-order valence-electron chi connectivity index (χ3n) is 4.25. The topological polar surface area (TPSA) is 101 Å². The van der Waals surface area contributed by atoms with Crippen LogP contribution in [0.25, 0.3) is 6.08 Å². The number of methoxy groups -OCH3 is 1. The Morgan fingerprint density at radius 1 is 1.52 bits per heavy atom. The zero-order valence-electron chi connectivity index (χ0n) is 13.9. The Balaban J connectivity index is 1.93. The van der Waals surface area contributed by atoms with Crippen molar-refractivity contribution in [3.05, 3.63) is 57.4 Å². The van der Waals surface area contributed by atoms with Gasteiger partial charge in [0.05, 0.1) is 18.2 Å². The summed E-state index contributed by atoms with van der Waals surface area (Å²) in [6, 6.07) is 4.93. The van der Waals surface area contributed by atoms with Gasteiger partial charge in [-0.25, -0.2) is 4.79 Å². The van der Waals surface area contributed by atoms with Gasteiger partial charge in [0, 0.05) is 42.4 Å². The number of ether oxygens (including phenoxy) is 1. The number of nitrogens with one attached hydrogen (secondary N) is 1. The lowest BCUT2D eigenvalue weighted by atomic mass is 9.97. The van der Waals surface area contributed by atoms with Gasteiger partial charge in [0.15, 0.2) is 0 Å². The van der Waals surface area contributed by atoms with E-state index in [1.807, 2.05) is 4.90 Å². The summed E-state index contributed by atoms with van der Waals surface area (Å²) in [6.07, 6.45) is 4.49. The number of H-pyrrole nitrogens is 1. The van der Waals surface area contributed by atoms with E-state index >= 15 is 0 Å². The van der Waals surface area contributed by atoms with Crippen LogP contribution in [0, 0.1) is 10.1 Å². The third-order valence-corrected chi connectivity index (χ3v) is 4.25. The molecule has 0 unspecified atom stereocenters. The molecule has 1 aliphatic rings. The maximum atomic E-state index is 11.5. The second-order valence-corrected chi connectivity index (χ2v) is 5.95. The highest BCUT2D eigenvalue weighted by molar-refractivity contribution is 5.87. The number of rotatable bonds is 4. The number of nitro groups is 1. The Morgan fingerprint density at radius 2 is 2.32 bits per heavy atom. The molecule has 8 nitrogen and oxygen atoms in total. The Kier molecular flexibility index (Phi) is 4.51. The van der Waals surface area contributed by atoms with Crippen molar-refractivity contribution in [3.8, 4) is 0 Å². The number of fused-ring (bicyclic) bond motifs is 1. The molecule has 3 rings (SSSR count). The van der Waals surface area contributed by atoms with E-state index in [9.17, 15) is 14.9 Å². The van der Waals surface area contributed by atoms with E-state index in [1.165, 1.54) is 25.3 Å². The van der Waals surface area contributed by atoms with Gasteiger partial charge in [0.1, 0.15) is 5.69 Å². The highest BCUT2D eigenvalue weighted by Crippen LogP contribution is 2.35. The van der Waals surface area contributed by atoms with Gasteiger partial charge in [-0.1, -0.05) is 13.0 Å². The van der Waals surface area contributed by atoms with Gasteiger partial charge in [-0.05, 0) is 17.7 Å². The normalized spacial score (nSPS) is 16.7. The molecule has 0 spiro atoms. The molecule has 2 aromatic rings. The summed E-state index contributed by atoms with van der Waals surface area (Å²) in [6.45, 7) is 3.28. The Morgan fingerprint density at radius 3 is 3.04 bits per heavy atom. The van der Waals surface area contributed by atoms with Crippen LogP contribution in [0.4, 0.5) is 11.4 Å². The highest BCUT2D eigenvalue weighted by atomic mass is 16.6. The molecule has 0 saturated carbocycles. The summed E-state index contributed by atoms with van der Waals surface area (Å²) >= 11 is 0. The minimum atomic E-state index is -0.510. The van der Waals surface area contributed by atoms with Crippen LogP contribution >= 0.6 is 0 Å². The number of carbonyl (C=O) groups is 1. The molecule has 0 saturated heterocycles. The molecular formula is C17H18N4O4. The number of nitro benzene ring substituents is 1. The first-order chi connectivity index (χ1) is 12.0. The Hall–Kier alpha value is -3.16. The fraction of sp³-hybridized carbons (Fsp3) is 0.294. The first kappa shape index (κ1) is 16.7. The van der Waals surface area contributed by atoms with Crippen molar-refractivity contribution in [1.29, 1.82) is 0 Å². The summed E-state index contributed by atoms with van der Waals surface area (Å²) in [7, 11) is 1.28. The van der Waals surface area contributed by atoms with Crippen molar-refractivity contribution in [2.75, 3.05) is 18.6 Å². The van der Waals surface area contributed by atoms with Crippen LogP contribution in [0.3, 0.4) is 0 Å². The van der Waals surface area contributed by atoms with E-state index < -0.39 is 10.9 Å². The molecule has 1 aliphatic heterocycles. The molecule has 8 heteroatoms. The van der Waals surface area contributed by atoms with Gasteiger partial charge in [-0.3, -0.25) is 15.2 Å². The van der Waals surface area contributed by atoms with Gasteiger partial charge >= 0.3 is 5.97 Å². The molecule has 0 aliphatic carbocycles. The van der Waals surface area contributed by atoms with Crippen LogP contribution in [0.1, 0.15) is 29.7 Å². The number of hydrogen-bond donors (Lipinski definition) is 1. The number of nitrogens with zero attached hydrogens (tertiary/aromatic N) is 3. The fourth-order valence-electron chi connectivity index (χ4n) is 3.04. The van der Waals surface area contributed by atoms with E-state index in [0.717, 1.165) is 11.3 Å². The molecule has 0 amide bonds. The molecule has 1 N–H and O–H groups in total. The molecule has 0 fully saturated rings. The van der Waals surface area contributed by atoms with Crippen molar-refractivity contribution in [1.82, 2.24) is 10.2 Å². The van der Waals surface area contributed by atoms with E-state index in [2.05, 4.69) is 21.9 Å². The van der Waals surface area contributed by atoms with Crippen molar-refractivity contribution >= 4 is 23.4 Å². The maximum absolute atomic E-state index is 11.5. The lowest BCUT2D eigenvalue weighted by Gasteiger charge is -2.32. The van der Waals surface area contributed by atoms with E-state index in [1.54, 1.807) is 18.3 Å². The van der Waals surface area contributed by atoms with Crippen LogP contribution in [-0.4, -0.2) is 34.7 Å². The first-order valence-electron chi connectivity index (χ1n) is 7.81. The fourth-order valence-corrected chi connectivity index (χ4v) is 3.04. The molecule has 25 heavy (non-hydrogen) atoms. The largest absolute Gasteiger partial charge is 0.466 e. The molecule has 1 aromatic carbocycles. The van der Waals surface area contributed by atoms with Gasteiger partial charge in [-0.2, -0.15) is 5.10 Å². The number of anilines is 1. The van der Waals surface area contributed by atoms with Crippen LogP contribution in [0.15, 0.2) is 30.5 Å². The molecule has 2 heterocycles. The van der Waals surface area contributed by atoms with E-state index in [-0.39, 0.29) is 11.6 Å². The number of hydrogen-bond acceptors (Lipinski definition) is 6. The number of esters is 1. The summed E-state index contributed by atoms with van der Waals surface area (Å²) < 4.78 is 4.53. The SMILES string of the molecule is COC(=O)/C=C/c1ccc(N2Cc3cn[nH]c3[C@H](C)C2)c([N+](=O)[O-])c1. The van der Waals surface area contributed by atoms with Gasteiger partial charge < -0.3 is 9.64 Å². The number of benzene rings is 1. The molecular weight excluding hydrogens is 324 g/mol. The maximum Gasteiger partial charge on any atom is 0.330 e. The van der Waals surface area contributed by atoms with Crippen LogP contribution in [0.2, 0.25) is 0 Å². The Bertz CT molecular complexity index is 843. The van der Waals surface area contributed by atoms with Crippen LogP contribution < -0.4 is 4.90 Å². The van der Waals surface area contributed by atoms with Crippen molar-refractivity contribution < 1.29 is 14.5 Å². The van der Waals surface area contributed by atoms with E-state index in [4.69, 9.17) is 0 Å². The minimum absolute atomic E-state index is 0.00570. The van der Waals surface area contributed by atoms with Crippen LogP contribution in [-0.2, 0) is 16.1 Å². The number of aromatic nitrogens is 2. The number of carbonyl (C=O) groups excluding carboxylic acids is 1. The van der Waals surface area contributed by atoms with E-state index in [0.29, 0.717) is 24.3 Å². The Labute approximate surface area is 144 Å². The van der Waals surface area contributed by atoms with Crippen molar-refractivity contribution in [2.45, 2.75) is 19.4 Å². The van der Waals surface area contributed by atoms with Gasteiger partial charge in [0.25, 0.3) is 5.69 Å².